The lowest BCUT2D eigenvalue weighted by Gasteiger charge is -2.04. The number of hydrogen-bond donors (Lipinski definition) is 1. The second kappa shape index (κ2) is 5.91. The zero-order valence-electron chi connectivity index (χ0n) is 10.2. The predicted molar refractivity (Wildman–Crippen MR) is 60.9 cm³/mol. The number of alkyl halides is 3. The van der Waals surface area contributed by atoms with E-state index in [0.29, 0.717) is 5.56 Å². The number of halogens is 3. The van der Waals surface area contributed by atoms with Gasteiger partial charge in [-0.2, -0.15) is 18.2 Å². The van der Waals surface area contributed by atoms with E-state index in [9.17, 15) is 18.3 Å². The molecule has 0 aliphatic rings. The van der Waals surface area contributed by atoms with E-state index in [-0.39, 0.29) is 30.5 Å². The third-order valence-corrected chi connectivity index (χ3v) is 2.34. The van der Waals surface area contributed by atoms with Crippen molar-refractivity contribution in [2.75, 3.05) is 6.61 Å². The highest BCUT2D eigenvalue weighted by Gasteiger charge is 2.27. The van der Waals surface area contributed by atoms with Gasteiger partial charge in [-0.05, 0) is 6.07 Å². The van der Waals surface area contributed by atoms with Crippen LogP contribution in [0.2, 0.25) is 0 Å². The first-order valence-corrected chi connectivity index (χ1v) is 5.67. The number of aromatic nitrogens is 2. The maximum Gasteiger partial charge on any atom is 0.411 e. The quantitative estimate of drug-likeness (QED) is 0.915. The summed E-state index contributed by atoms with van der Waals surface area (Å²) < 4.78 is 44.9. The lowest BCUT2D eigenvalue weighted by molar-refractivity contribution is -0.177. The van der Waals surface area contributed by atoms with Crippen LogP contribution in [0.1, 0.15) is 17.3 Å². The van der Waals surface area contributed by atoms with Gasteiger partial charge in [-0.3, -0.25) is 0 Å². The lowest BCUT2D eigenvalue weighted by Crippen LogP contribution is -2.16. The summed E-state index contributed by atoms with van der Waals surface area (Å²) in [5, 5.41) is 13.1. The Morgan fingerprint density at radius 3 is 2.70 bits per heavy atom. The van der Waals surface area contributed by atoms with Crippen molar-refractivity contribution in [1.29, 1.82) is 0 Å². The Hall–Kier alpha value is -2.09. The van der Waals surface area contributed by atoms with Crippen LogP contribution in [0.3, 0.4) is 0 Å². The zero-order chi connectivity index (χ0) is 14.6. The highest BCUT2D eigenvalue weighted by Crippen LogP contribution is 2.19. The molecule has 5 nitrogen and oxygen atoms in total. The van der Waals surface area contributed by atoms with Gasteiger partial charge in [0.05, 0.1) is 6.42 Å². The maximum absolute atomic E-state index is 11.9. The van der Waals surface area contributed by atoms with Crippen molar-refractivity contribution < 1.29 is 27.5 Å². The number of ether oxygens (including phenoxy) is 1. The Morgan fingerprint density at radius 2 is 2.00 bits per heavy atom. The minimum atomic E-state index is -4.39. The first-order chi connectivity index (χ1) is 9.44. The monoisotopic (exact) mass is 288 g/mol. The van der Waals surface area contributed by atoms with Crippen LogP contribution in [0.15, 0.2) is 28.8 Å². The van der Waals surface area contributed by atoms with Crippen molar-refractivity contribution in [3.05, 3.63) is 41.5 Å². The van der Waals surface area contributed by atoms with Gasteiger partial charge in [0.2, 0.25) is 5.89 Å². The van der Waals surface area contributed by atoms with Gasteiger partial charge in [0.15, 0.2) is 5.82 Å². The van der Waals surface area contributed by atoms with E-state index >= 15 is 0 Å². The van der Waals surface area contributed by atoms with Gasteiger partial charge in [0.1, 0.15) is 19.0 Å². The van der Waals surface area contributed by atoms with Gasteiger partial charge in [0.25, 0.3) is 0 Å². The Kier molecular flexibility index (Phi) is 4.23. The summed E-state index contributed by atoms with van der Waals surface area (Å²) in [4.78, 5) is 3.88. The van der Waals surface area contributed by atoms with E-state index in [1.807, 2.05) is 0 Å². The van der Waals surface area contributed by atoms with Crippen molar-refractivity contribution in [3.63, 3.8) is 0 Å². The van der Waals surface area contributed by atoms with Crippen molar-refractivity contribution in [2.45, 2.75) is 19.2 Å². The number of phenolic OH excluding ortho intramolecular Hbond substituents is 1. The molecule has 0 fully saturated rings. The number of nitrogens with zero attached hydrogens (tertiary/aromatic N) is 2. The Morgan fingerprint density at radius 1 is 1.25 bits per heavy atom. The number of hydrogen-bond acceptors (Lipinski definition) is 5. The number of benzene rings is 1. The maximum atomic E-state index is 11.9. The van der Waals surface area contributed by atoms with Crippen molar-refractivity contribution >= 4 is 0 Å². The summed E-state index contributed by atoms with van der Waals surface area (Å²) in [5.41, 5.74) is 0.582. The molecule has 0 saturated carbocycles. The molecular weight excluding hydrogens is 277 g/mol. The van der Waals surface area contributed by atoms with E-state index in [2.05, 4.69) is 14.9 Å². The largest absolute Gasteiger partial charge is 0.508 e. The molecule has 20 heavy (non-hydrogen) atoms. The molecule has 2 aromatic rings. The van der Waals surface area contributed by atoms with Crippen LogP contribution in [0.25, 0.3) is 0 Å². The summed E-state index contributed by atoms with van der Waals surface area (Å²) in [7, 11) is 0. The topological polar surface area (TPSA) is 68.4 Å². The number of rotatable bonds is 5. The summed E-state index contributed by atoms with van der Waals surface area (Å²) in [5.74, 6) is 0.303. The molecule has 1 heterocycles. The van der Waals surface area contributed by atoms with Crippen LogP contribution in [-0.2, 0) is 17.8 Å². The van der Waals surface area contributed by atoms with Crippen molar-refractivity contribution in [1.82, 2.24) is 10.1 Å². The molecule has 108 valence electrons. The molecule has 2 rings (SSSR count). The van der Waals surface area contributed by atoms with Crippen molar-refractivity contribution in [3.8, 4) is 5.75 Å². The predicted octanol–water partition coefficient (Wildman–Crippen LogP) is 2.44. The van der Waals surface area contributed by atoms with E-state index in [4.69, 9.17) is 4.52 Å². The van der Waals surface area contributed by atoms with E-state index in [1.54, 1.807) is 18.2 Å². The molecule has 0 radical (unpaired) electrons. The molecule has 0 bridgehead atoms. The minimum Gasteiger partial charge on any atom is -0.508 e. The highest BCUT2D eigenvalue weighted by atomic mass is 19.4. The van der Waals surface area contributed by atoms with Crippen LogP contribution in [0.5, 0.6) is 5.75 Å². The molecule has 0 amide bonds. The molecule has 0 aliphatic heterocycles. The minimum absolute atomic E-state index is 0.0275. The molecule has 0 aliphatic carbocycles. The van der Waals surface area contributed by atoms with E-state index < -0.39 is 12.8 Å². The smallest absolute Gasteiger partial charge is 0.411 e. The molecule has 1 aromatic carbocycles. The van der Waals surface area contributed by atoms with Crippen LogP contribution >= 0.6 is 0 Å². The average molecular weight is 288 g/mol. The molecule has 0 spiro atoms. The molecule has 0 atom stereocenters. The van der Waals surface area contributed by atoms with Crippen LogP contribution in [0, 0.1) is 0 Å². The molecule has 1 N–H and O–H groups in total. The standard InChI is InChI=1S/C12H11F3N2O3/c13-12(14,15)7-19-6-10-16-11(20-17-10)5-8-3-1-2-4-9(8)18/h1-4,18H,5-7H2. The number of para-hydroxylation sites is 1. The molecule has 1 aromatic heterocycles. The fourth-order valence-electron chi connectivity index (χ4n) is 1.50. The fraction of sp³-hybridized carbons (Fsp3) is 0.333. The highest BCUT2D eigenvalue weighted by molar-refractivity contribution is 5.33. The van der Waals surface area contributed by atoms with Gasteiger partial charge in [-0.1, -0.05) is 23.4 Å². The first kappa shape index (κ1) is 14.3. The zero-order valence-corrected chi connectivity index (χ0v) is 10.2. The lowest BCUT2D eigenvalue weighted by atomic mass is 10.1. The van der Waals surface area contributed by atoms with Gasteiger partial charge < -0.3 is 14.4 Å². The number of aromatic hydroxyl groups is 1. The third-order valence-electron chi connectivity index (χ3n) is 2.34. The Labute approximate surface area is 112 Å². The van der Waals surface area contributed by atoms with Gasteiger partial charge in [-0.25, -0.2) is 0 Å². The van der Waals surface area contributed by atoms with Crippen LogP contribution in [-0.4, -0.2) is 28.0 Å². The van der Waals surface area contributed by atoms with Gasteiger partial charge in [0, 0.05) is 5.56 Å². The third kappa shape index (κ3) is 4.23. The normalized spacial score (nSPS) is 11.8. The molecule has 0 unspecified atom stereocenters. The summed E-state index contributed by atoms with van der Waals surface area (Å²) >= 11 is 0. The van der Waals surface area contributed by atoms with Crippen molar-refractivity contribution in [2.24, 2.45) is 0 Å². The Balaban J connectivity index is 1.91. The van der Waals surface area contributed by atoms with Crippen LogP contribution < -0.4 is 0 Å². The SMILES string of the molecule is Oc1ccccc1Cc1nc(COCC(F)(F)F)no1. The average Bonchev–Trinajstić information content (AvgIpc) is 2.78. The van der Waals surface area contributed by atoms with Gasteiger partial charge in [-0.15, -0.1) is 0 Å². The van der Waals surface area contributed by atoms with Gasteiger partial charge >= 0.3 is 6.18 Å². The molecular formula is C12H11F3N2O3. The summed E-state index contributed by atoms with van der Waals surface area (Å²) in [6, 6.07) is 6.60. The molecule has 8 heteroatoms. The first-order valence-electron chi connectivity index (χ1n) is 5.67. The van der Waals surface area contributed by atoms with E-state index in [0.717, 1.165) is 0 Å². The van der Waals surface area contributed by atoms with E-state index in [1.165, 1.54) is 6.07 Å². The van der Waals surface area contributed by atoms with Crippen LogP contribution in [0.4, 0.5) is 13.2 Å². The second-order valence-electron chi connectivity index (χ2n) is 4.02. The number of phenols is 1. The summed E-state index contributed by atoms with van der Waals surface area (Å²) in [6.45, 7) is -1.75. The molecule has 0 saturated heterocycles. The second-order valence-corrected chi connectivity index (χ2v) is 4.02. The fourth-order valence-corrected chi connectivity index (χ4v) is 1.50. The summed E-state index contributed by atoms with van der Waals surface area (Å²) in [6.07, 6.45) is -4.19. The Bertz CT molecular complexity index is 569.